The minimum atomic E-state index is -0.567. The zero-order chi connectivity index (χ0) is 39.3. The van der Waals surface area contributed by atoms with Crippen LogP contribution in [0.5, 0.6) is 0 Å². The first-order valence-corrected chi connectivity index (χ1v) is 22.0. The maximum Gasteiger partial charge on any atom is 0.315 e. The predicted octanol–water partition coefficient (Wildman–Crippen LogP) is 11.2. The SMILES string of the molecule is CCCCCCCCCCCCCCCCCCNC(=O)[C@@H](NC(=O)NCCCCCCN1C(=O)c2cc3cc4ccccc4cc3cc2C1=O)[C@@H](C)CC. The van der Waals surface area contributed by atoms with Crippen LogP contribution in [0.25, 0.3) is 21.5 Å². The van der Waals surface area contributed by atoms with Crippen LogP contribution in [-0.2, 0) is 4.79 Å². The van der Waals surface area contributed by atoms with Gasteiger partial charge in [0, 0.05) is 19.6 Å². The number of nitrogens with zero attached hydrogens (tertiary/aromatic N) is 1. The van der Waals surface area contributed by atoms with Crippen LogP contribution >= 0.6 is 0 Å². The molecule has 0 fully saturated rings. The molecule has 0 radical (unpaired) electrons. The number of nitrogens with one attached hydrogen (secondary N) is 3. The van der Waals surface area contributed by atoms with E-state index in [9.17, 15) is 19.2 Å². The van der Waals surface area contributed by atoms with E-state index in [-0.39, 0.29) is 29.7 Å². The third-order valence-electron chi connectivity index (χ3n) is 11.5. The Kier molecular flexibility index (Phi) is 19.5. The summed E-state index contributed by atoms with van der Waals surface area (Å²) in [5, 5.41) is 13.0. The molecule has 8 heteroatoms. The molecule has 1 heterocycles. The van der Waals surface area contributed by atoms with E-state index in [4.69, 9.17) is 0 Å². The molecule has 1 aliphatic rings. The van der Waals surface area contributed by atoms with Crippen LogP contribution in [0.3, 0.4) is 0 Å². The average Bonchev–Trinajstić information content (AvgIpc) is 3.42. The van der Waals surface area contributed by atoms with Gasteiger partial charge >= 0.3 is 6.03 Å². The van der Waals surface area contributed by atoms with Crippen molar-refractivity contribution in [2.45, 2.75) is 162 Å². The minimum absolute atomic E-state index is 0.0247. The van der Waals surface area contributed by atoms with Gasteiger partial charge in [-0.15, -0.1) is 0 Å². The second kappa shape index (κ2) is 24.5. The molecule has 3 N–H and O–H groups in total. The Morgan fingerprint density at radius 2 is 1.00 bits per heavy atom. The fraction of sp³-hybridized carbons (Fsp3) is 0.617. The van der Waals surface area contributed by atoms with Crippen LogP contribution in [0.15, 0.2) is 48.5 Å². The third kappa shape index (κ3) is 14.3. The van der Waals surface area contributed by atoms with Gasteiger partial charge in [0.25, 0.3) is 11.8 Å². The lowest BCUT2D eigenvalue weighted by Crippen LogP contribution is -2.53. The van der Waals surface area contributed by atoms with Crippen LogP contribution in [0.1, 0.15) is 176 Å². The van der Waals surface area contributed by atoms with E-state index in [1.165, 1.54) is 94.8 Å². The molecule has 0 spiro atoms. The molecule has 0 aliphatic carbocycles. The summed E-state index contributed by atoms with van der Waals surface area (Å²) in [5.41, 5.74) is 0.959. The van der Waals surface area contributed by atoms with E-state index in [0.29, 0.717) is 37.2 Å². The lowest BCUT2D eigenvalue weighted by molar-refractivity contribution is -0.124. The lowest BCUT2D eigenvalue weighted by atomic mass is 9.98. The normalized spacial score (nSPS) is 13.7. The number of unbranched alkanes of at least 4 members (excludes halogenated alkanes) is 18. The smallest absolute Gasteiger partial charge is 0.315 e. The highest BCUT2D eigenvalue weighted by atomic mass is 16.2. The van der Waals surface area contributed by atoms with E-state index in [2.05, 4.69) is 47.1 Å². The van der Waals surface area contributed by atoms with Crippen LogP contribution in [-0.4, -0.2) is 54.3 Å². The number of amides is 5. The van der Waals surface area contributed by atoms with Gasteiger partial charge in [-0.25, -0.2) is 4.79 Å². The van der Waals surface area contributed by atoms with Gasteiger partial charge in [0.1, 0.15) is 6.04 Å². The summed E-state index contributed by atoms with van der Waals surface area (Å²) in [4.78, 5) is 53.5. The van der Waals surface area contributed by atoms with Gasteiger partial charge in [-0.2, -0.15) is 0 Å². The number of carbonyl (C=O) groups is 4. The molecule has 2 atom stereocenters. The number of hydrogen-bond acceptors (Lipinski definition) is 4. The minimum Gasteiger partial charge on any atom is -0.354 e. The number of imide groups is 1. The molecule has 3 aromatic carbocycles. The first-order chi connectivity index (χ1) is 26.8. The maximum absolute atomic E-state index is 13.2. The van der Waals surface area contributed by atoms with Crippen molar-refractivity contribution in [2.75, 3.05) is 19.6 Å². The Morgan fingerprint density at radius 1 is 0.564 bits per heavy atom. The summed E-state index contributed by atoms with van der Waals surface area (Å²) >= 11 is 0. The molecule has 0 saturated carbocycles. The fourth-order valence-corrected chi connectivity index (χ4v) is 7.77. The van der Waals surface area contributed by atoms with Crippen molar-refractivity contribution in [3.63, 3.8) is 0 Å². The predicted molar refractivity (Wildman–Crippen MR) is 228 cm³/mol. The molecule has 5 amide bonds. The van der Waals surface area contributed by atoms with Gasteiger partial charge in [0.05, 0.1) is 11.1 Å². The largest absolute Gasteiger partial charge is 0.354 e. The van der Waals surface area contributed by atoms with Gasteiger partial charge in [0.2, 0.25) is 5.91 Å². The van der Waals surface area contributed by atoms with Crippen LogP contribution in [0.4, 0.5) is 4.79 Å². The quantitative estimate of drug-likeness (QED) is 0.0390. The van der Waals surface area contributed by atoms with E-state index >= 15 is 0 Å². The van der Waals surface area contributed by atoms with Crippen LogP contribution in [0, 0.1) is 5.92 Å². The zero-order valence-electron chi connectivity index (χ0n) is 34.3. The lowest BCUT2D eigenvalue weighted by Gasteiger charge is -2.23. The van der Waals surface area contributed by atoms with E-state index in [1.807, 2.05) is 38.1 Å². The molecule has 3 aromatic rings. The molecule has 0 aromatic heterocycles. The van der Waals surface area contributed by atoms with Crippen molar-refractivity contribution in [2.24, 2.45) is 5.92 Å². The van der Waals surface area contributed by atoms with E-state index in [1.54, 1.807) is 0 Å². The standard InChI is InChI=1S/C47H70N4O4/c1-4-6-7-8-9-10-11-12-13-14-15-16-17-18-19-24-29-48-44(52)43(36(3)5-2)50-47(55)49-30-25-20-21-26-31-51-45(53)41-34-39-32-37-27-22-23-28-38(37)33-40(39)35-42(41)46(51)54/h22-23,27-28,32-36,43H,4-21,24-26,29-31H2,1-3H3,(H,48,52)(H2,49,50,55)/t36-,43-/m0/s1. The molecule has 0 bridgehead atoms. The third-order valence-corrected chi connectivity index (χ3v) is 11.5. The monoisotopic (exact) mass is 755 g/mol. The number of fused-ring (bicyclic) bond motifs is 3. The van der Waals surface area contributed by atoms with Crippen molar-refractivity contribution < 1.29 is 19.2 Å². The Balaban J connectivity index is 1.02. The summed E-state index contributed by atoms with van der Waals surface area (Å²) in [5.74, 6) is -0.534. The highest BCUT2D eigenvalue weighted by Gasteiger charge is 2.35. The number of rotatable bonds is 28. The van der Waals surface area contributed by atoms with Crippen molar-refractivity contribution in [3.05, 3.63) is 59.7 Å². The number of urea groups is 1. The maximum atomic E-state index is 13.2. The Bertz CT molecular complexity index is 1580. The first kappa shape index (κ1) is 43.8. The van der Waals surface area contributed by atoms with Crippen LogP contribution in [0.2, 0.25) is 0 Å². The summed E-state index contributed by atoms with van der Waals surface area (Å²) in [7, 11) is 0. The molecule has 55 heavy (non-hydrogen) atoms. The molecule has 1 aliphatic heterocycles. The van der Waals surface area contributed by atoms with Gasteiger partial charge in [0.15, 0.2) is 0 Å². The summed E-state index contributed by atoms with van der Waals surface area (Å²) in [6.45, 7) is 7.82. The summed E-state index contributed by atoms with van der Waals surface area (Å²) < 4.78 is 0. The molecular weight excluding hydrogens is 685 g/mol. The van der Waals surface area contributed by atoms with Gasteiger partial charge < -0.3 is 16.0 Å². The number of carbonyl (C=O) groups excluding carboxylic acids is 4. The van der Waals surface area contributed by atoms with Crippen LogP contribution < -0.4 is 16.0 Å². The second-order valence-electron chi connectivity index (χ2n) is 16.0. The Hall–Kier alpha value is -3.94. The van der Waals surface area contributed by atoms with Crippen molar-refractivity contribution in [1.82, 2.24) is 20.9 Å². The highest BCUT2D eigenvalue weighted by molar-refractivity contribution is 6.23. The average molecular weight is 755 g/mol. The first-order valence-electron chi connectivity index (χ1n) is 22.0. The zero-order valence-corrected chi connectivity index (χ0v) is 34.3. The van der Waals surface area contributed by atoms with E-state index < -0.39 is 6.04 Å². The molecule has 8 nitrogen and oxygen atoms in total. The molecule has 0 unspecified atom stereocenters. The number of hydrogen-bond donors (Lipinski definition) is 3. The molecular formula is C47H70N4O4. The summed E-state index contributed by atoms with van der Waals surface area (Å²) in [6.07, 6.45) is 25.1. The topological polar surface area (TPSA) is 108 Å². The van der Waals surface area contributed by atoms with Gasteiger partial charge in [-0.3, -0.25) is 19.3 Å². The van der Waals surface area contributed by atoms with Crippen molar-refractivity contribution >= 4 is 45.3 Å². The van der Waals surface area contributed by atoms with E-state index in [0.717, 1.165) is 60.1 Å². The van der Waals surface area contributed by atoms with Gasteiger partial charge in [-0.05, 0) is 71.0 Å². The van der Waals surface area contributed by atoms with Crippen molar-refractivity contribution in [1.29, 1.82) is 0 Å². The Morgan fingerprint density at radius 3 is 1.47 bits per heavy atom. The Labute approximate surface area is 331 Å². The fourth-order valence-electron chi connectivity index (χ4n) is 7.77. The molecule has 0 saturated heterocycles. The molecule has 302 valence electrons. The van der Waals surface area contributed by atoms with Gasteiger partial charge in [-0.1, -0.05) is 161 Å². The number of benzene rings is 3. The highest BCUT2D eigenvalue weighted by Crippen LogP contribution is 2.31. The van der Waals surface area contributed by atoms with Crippen molar-refractivity contribution in [3.8, 4) is 0 Å². The summed E-state index contributed by atoms with van der Waals surface area (Å²) in [6, 6.07) is 15.0. The second-order valence-corrected chi connectivity index (χ2v) is 16.0. The molecule has 4 rings (SSSR count).